The van der Waals surface area contributed by atoms with E-state index >= 15 is 0 Å². The molecule has 0 spiro atoms. The molecule has 0 aromatic carbocycles. The molecule has 5 heteroatoms. The highest BCUT2D eigenvalue weighted by molar-refractivity contribution is 9.10. The molecule has 1 atom stereocenters. The highest BCUT2D eigenvalue weighted by Crippen LogP contribution is 2.27. The van der Waals surface area contributed by atoms with Crippen molar-refractivity contribution >= 4 is 21.6 Å². The average molecular weight is 309 g/mol. The Balaban J connectivity index is 1.89. The molecular formula is C13H17BrN4. The number of pyridine rings is 1. The molecule has 0 aliphatic carbocycles. The first kappa shape index (κ1) is 12.1. The SMILES string of the molecule is CC(C)N1CCC(c2nc3c(Br)cccn3n2)C1. The van der Waals surface area contributed by atoms with Crippen LogP contribution in [0.2, 0.25) is 0 Å². The quantitative estimate of drug-likeness (QED) is 0.855. The second-order valence-electron chi connectivity index (χ2n) is 5.17. The number of hydrogen-bond donors (Lipinski definition) is 0. The third-order valence-corrected chi connectivity index (χ3v) is 4.27. The third-order valence-electron chi connectivity index (χ3n) is 3.65. The van der Waals surface area contributed by atoms with Gasteiger partial charge in [-0.05, 0) is 54.9 Å². The predicted molar refractivity (Wildman–Crippen MR) is 74.8 cm³/mol. The lowest BCUT2D eigenvalue weighted by atomic mass is 10.1. The van der Waals surface area contributed by atoms with Crippen LogP contribution < -0.4 is 0 Å². The minimum Gasteiger partial charge on any atom is -0.300 e. The molecule has 0 amide bonds. The molecule has 96 valence electrons. The Hall–Kier alpha value is -0.940. The number of fused-ring (bicyclic) bond motifs is 1. The zero-order chi connectivity index (χ0) is 12.7. The molecule has 1 aliphatic rings. The van der Waals surface area contributed by atoms with Crippen molar-refractivity contribution in [3.05, 3.63) is 28.6 Å². The lowest BCUT2D eigenvalue weighted by Gasteiger charge is -2.19. The monoisotopic (exact) mass is 308 g/mol. The Morgan fingerprint density at radius 2 is 2.28 bits per heavy atom. The molecule has 3 heterocycles. The summed E-state index contributed by atoms with van der Waals surface area (Å²) < 4.78 is 2.86. The Kier molecular flexibility index (Phi) is 3.11. The first-order valence-electron chi connectivity index (χ1n) is 6.40. The predicted octanol–water partition coefficient (Wildman–Crippen LogP) is 2.69. The van der Waals surface area contributed by atoms with Crippen molar-refractivity contribution in [3.8, 4) is 0 Å². The maximum Gasteiger partial charge on any atom is 0.169 e. The van der Waals surface area contributed by atoms with E-state index in [0.717, 1.165) is 35.5 Å². The summed E-state index contributed by atoms with van der Waals surface area (Å²) in [5, 5.41) is 4.60. The summed E-state index contributed by atoms with van der Waals surface area (Å²) in [5.41, 5.74) is 0.912. The maximum absolute atomic E-state index is 4.67. The molecule has 0 bridgehead atoms. The molecule has 1 saturated heterocycles. The van der Waals surface area contributed by atoms with E-state index < -0.39 is 0 Å². The Morgan fingerprint density at radius 3 is 2.94 bits per heavy atom. The van der Waals surface area contributed by atoms with Crippen LogP contribution in [0.5, 0.6) is 0 Å². The minimum absolute atomic E-state index is 0.471. The van der Waals surface area contributed by atoms with E-state index in [-0.39, 0.29) is 0 Å². The van der Waals surface area contributed by atoms with E-state index in [9.17, 15) is 0 Å². The summed E-state index contributed by atoms with van der Waals surface area (Å²) in [4.78, 5) is 7.16. The van der Waals surface area contributed by atoms with Crippen molar-refractivity contribution in [1.29, 1.82) is 0 Å². The summed E-state index contributed by atoms with van der Waals surface area (Å²) in [7, 11) is 0. The molecule has 1 unspecified atom stereocenters. The van der Waals surface area contributed by atoms with Gasteiger partial charge >= 0.3 is 0 Å². The normalized spacial score (nSPS) is 21.2. The smallest absolute Gasteiger partial charge is 0.169 e. The standard InChI is InChI=1S/C13H17BrN4/c1-9(2)17-7-5-10(8-17)12-15-13-11(14)4-3-6-18(13)16-12/h3-4,6,9-10H,5,7-8H2,1-2H3. The van der Waals surface area contributed by atoms with Gasteiger partial charge in [0.15, 0.2) is 11.5 Å². The molecule has 2 aromatic heterocycles. The summed E-state index contributed by atoms with van der Waals surface area (Å²) in [5.74, 6) is 1.45. The molecule has 0 saturated carbocycles. The van der Waals surface area contributed by atoms with Gasteiger partial charge in [-0.2, -0.15) is 5.10 Å². The van der Waals surface area contributed by atoms with Gasteiger partial charge in [-0.15, -0.1) is 0 Å². The van der Waals surface area contributed by atoms with Crippen molar-refractivity contribution in [2.45, 2.75) is 32.2 Å². The number of likely N-dealkylation sites (tertiary alicyclic amines) is 1. The van der Waals surface area contributed by atoms with Crippen LogP contribution in [0.4, 0.5) is 0 Å². The van der Waals surface area contributed by atoms with Gasteiger partial charge in [-0.1, -0.05) is 0 Å². The van der Waals surface area contributed by atoms with E-state index in [4.69, 9.17) is 0 Å². The second-order valence-corrected chi connectivity index (χ2v) is 6.02. The van der Waals surface area contributed by atoms with Crippen LogP contribution >= 0.6 is 15.9 Å². The van der Waals surface area contributed by atoms with E-state index in [2.05, 4.69) is 44.8 Å². The van der Waals surface area contributed by atoms with Gasteiger partial charge < -0.3 is 4.90 Å². The van der Waals surface area contributed by atoms with E-state index in [1.54, 1.807) is 0 Å². The lowest BCUT2D eigenvalue weighted by Crippen LogP contribution is -2.28. The minimum atomic E-state index is 0.471. The van der Waals surface area contributed by atoms with Gasteiger partial charge in [0, 0.05) is 24.7 Å². The molecule has 0 radical (unpaired) electrons. The molecule has 18 heavy (non-hydrogen) atoms. The second kappa shape index (κ2) is 4.63. The van der Waals surface area contributed by atoms with Crippen LogP contribution in [0.25, 0.3) is 5.65 Å². The average Bonchev–Trinajstić information content (AvgIpc) is 2.95. The topological polar surface area (TPSA) is 33.4 Å². The van der Waals surface area contributed by atoms with Crippen LogP contribution in [0.15, 0.2) is 22.8 Å². The molecule has 1 aliphatic heterocycles. The largest absolute Gasteiger partial charge is 0.300 e. The van der Waals surface area contributed by atoms with Crippen LogP contribution in [0.1, 0.15) is 32.0 Å². The van der Waals surface area contributed by atoms with Crippen LogP contribution in [0, 0.1) is 0 Å². The highest BCUT2D eigenvalue weighted by atomic mass is 79.9. The summed E-state index contributed by atoms with van der Waals surface area (Å²) >= 11 is 3.52. The number of halogens is 1. The molecule has 1 fully saturated rings. The first-order valence-corrected chi connectivity index (χ1v) is 7.19. The van der Waals surface area contributed by atoms with Gasteiger partial charge in [0.25, 0.3) is 0 Å². The molecule has 3 rings (SSSR count). The van der Waals surface area contributed by atoms with E-state index in [0.29, 0.717) is 12.0 Å². The van der Waals surface area contributed by atoms with Crippen LogP contribution in [-0.4, -0.2) is 38.6 Å². The number of rotatable bonds is 2. The maximum atomic E-state index is 4.67. The van der Waals surface area contributed by atoms with Crippen molar-refractivity contribution in [1.82, 2.24) is 19.5 Å². The van der Waals surface area contributed by atoms with Gasteiger partial charge in [-0.25, -0.2) is 9.50 Å². The first-order chi connectivity index (χ1) is 8.65. The summed E-state index contributed by atoms with van der Waals surface area (Å²) in [6.07, 6.45) is 3.11. The Bertz CT molecular complexity index is 563. The van der Waals surface area contributed by atoms with Gasteiger partial charge in [-0.3, -0.25) is 0 Å². The number of aromatic nitrogens is 3. The Labute approximate surface area is 115 Å². The summed E-state index contributed by atoms with van der Waals surface area (Å²) in [6, 6.07) is 4.59. The molecule has 4 nitrogen and oxygen atoms in total. The van der Waals surface area contributed by atoms with E-state index in [1.807, 2.05) is 22.8 Å². The number of nitrogens with zero attached hydrogens (tertiary/aromatic N) is 4. The molecule has 0 N–H and O–H groups in total. The van der Waals surface area contributed by atoms with Crippen molar-refractivity contribution in [2.24, 2.45) is 0 Å². The zero-order valence-electron chi connectivity index (χ0n) is 10.7. The van der Waals surface area contributed by atoms with Gasteiger partial charge in [0.2, 0.25) is 0 Å². The Morgan fingerprint density at radius 1 is 1.44 bits per heavy atom. The van der Waals surface area contributed by atoms with Gasteiger partial charge in [0.05, 0.1) is 4.47 Å². The van der Waals surface area contributed by atoms with Crippen molar-refractivity contribution < 1.29 is 0 Å². The van der Waals surface area contributed by atoms with Gasteiger partial charge in [0.1, 0.15) is 0 Å². The highest BCUT2D eigenvalue weighted by Gasteiger charge is 2.28. The number of hydrogen-bond acceptors (Lipinski definition) is 3. The third kappa shape index (κ3) is 2.06. The fraction of sp³-hybridized carbons (Fsp3) is 0.538. The fourth-order valence-corrected chi connectivity index (χ4v) is 2.95. The van der Waals surface area contributed by atoms with Crippen LogP contribution in [0.3, 0.4) is 0 Å². The van der Waals surface area contributed by atoms with E-state index in [1.165, 1.54) is 0 Å². The molecular weight excluding hydrogens is 292 g/mol. The zero-order valence-corrected chi connectivity index (χ0v) is 12.3. The lowest BCUT2D eigenvalue weighted by molar-refractivity contribution is 0.272. The van der Waals surface area contributed by atoms with Crippen LogP contribution in [-0.2, 0) is 0 Å². The molecule has 2 aromatic rings. The van der Waals surface area contributed by atoms with Crippen molar-refractivity contribution in [3.63, 3.8) is 0 Å². The fourth-order valence-electron chi connectivity index (χ4n) is 2.53. The summed E-state index contributed by atoms with van der Waals surface area (Å²) in [6.45, 7) is 6.72. The van der Waals surface area contributed by atoms with Crippen molar-refractivity contribution in [2.75, 3.05) is 13.1 Å².